The highest BCUT2D eigenvalue weighted by molar-refractivity contribution is 5.88. The molecule has 0 spiro atoms. The summed E-state index contributed by atoms with van der Waals surface area (Å²) in [4.78, 5) is 11.7. The van der Waals surface area contributed by atoms with E-state index in [1.807, 2.05) is 13.0 Å². The minimum atomic E-state index is -0.611. The lowest BCUT2D eigenvalue weighted by molar-refractivity contribution is -0.141. The van der Waals surface area contributed by atoms with Gasteiger partial charge in [0, 0.05) is 0 Å². The third kappa shape index (κ3) is 1.93. The Morgan fingerprint density at radius 3 is 2.28 bits per heavy atom. The Bertz CT molecular complexity index is 482. The molecule has 0 bridgehead atoms. The fourth-order valence-corrected chi connectivity index (χ4v) is 2.40. The highest BCUT2D eigenvalue weighted by atomic mass is 16.5. The molecule has 3 heteroatoms. The largest absolute Gasteiger partial charge is 0.378 e. The summed E-state index contributed by atoms with van der Waals surface area (Å²) in [5.41, 5.74) is 8.43. The molecule has 0 atom stereocenters. The SMILES string of the molecule is Cc1cc(C(C)(C)C)ccc1C1(C(N)=O)COC1. The average molecular weight is 247 g/mol. The fraction of sp³-hybridized carbons (Fsp3) is 0.533. The van der Waals surface area contributed by atoms with Gasteiger partial charge in [0.25, 0.3) is 0 Å². The summed E-state index contributed by atoms with van der Waals surface area (Å²) >= 11 is 0. The summed E-state index contributed by atoms with van der Waals surface area (Å²) in [6.45, 7) is 9.37. The first-order chi connectivity index (χ1) is 8.27. The van der Waals surface area contributed by atoms with Gasteiger partial charge in [0.2, 0.25) is 5.91 Å². The zero-order valence-corrected chi connectivity index (χ0v) is 11.5. The number of hydrogen-bond acceptors (Lipinski definition) is 2. The number of amides is 1. The maximum Gasteiger partial charge on any atom is 0.232 e. The molecule has 3 nitrogen and oxygen atoms in total. The molecule has 0 saturated carbocycles. The van der Waals surface area contributed by atoms with E-state index in [2.05, 4.69) is 32.9 Å². The molecule has 98 valence electrons. The molecule has 0 unspecified atom stereocenters. The summed E-state index contributed by atoms with van der Waals surface area (Å²) in [5.74, 6) is -0.291. The van der Waals surface area contributed by atoms with E-state index in [0.29, 0.717) is 13.2 Å². The van der Waals surface area contributed by atoms with E-state index in [4.69, 9.17) is 10.5 Å². The van der Waals surface area contributed by atoms with Crippen molar-refractivity contribution in [2.75, 3.05) is 13.2 Å². The van der Waals surface area contributed by atoms with E-state index < -0.39 is 5.41 Å². The van der Waals surface area contributed by atoms with E-state index in [0.717, 1.165) is 11.1 Å². The van der Waals surface area contributed by atoms with Crippen molar-refractivity contribution in [3.63, 3.8) is 0 Å². The third-order valence-electron chi connectivity index (χ3n) is 3.78. The summed E-state index contributed by atoms with van der Waals surface area (Å²) in [5, 5.41) is 0. The van der Waals surface area contributed by atoms with Gasteiger partial charge in [0.15, 0.2) is 0 Å². The lowest BCUT2D eigenvalue weighted by Gasteiger charge is -2.40. The molecule has 1 aliphatic rings. The minimum absolute atomic E-state index is 0.110. The van der Waals surface area contributed by atoms with Crippen LogP contribution in [0.2, 0.25) is 0 Å². The Morgan fingerprint density at radius 1 is 1.33 bits per heavy atom. The van der Waals surface area contributed by atoms with Gasteiger partial charge in [-0.3, -0.25) is 4.79 Å². The van der Waals surface area contributed by atoms with Crippen LogP contribution in [0, 0.1) is 6.92 Å². The predicted octanol–water partition coefficient (Wildman–Crippen LogP) is 2.05. The molecule has 1 fully saturated rings. The number of aryl methyl sites for hydroxylation is 1. The van der Waals surface area contributed by atoms with Crippen molar-refractivity contribution < 1.29 is 9.53 Å². The molecule has 1 aliphatic heterocycles. The first-order valence-corrected chi connectivity index (χ1v) is 6.27. The number of hydrogen-bond donors (Lipinski definition) is 1. The normalized spacial score (nSPS) is 18.2. The molecule has 18 heavy (non-hydrogen) atoms. The molecule has 1 amide bonds. The van der Waals surface area contributed by atoms with Gasteiger partial charge >= 0.3 is 0 Å². The van der Waals surface area contributed by atoms with Gasteiger partial charge in [-0.2, -0.15) is 0 Å². The maximum atomic E-state index is 11.7. The van der Waals surface area contributed by atoms with E-state index in [9.17, 15) is 4.79 Å². The van der Waals surface area contributed by atoms with Gasteiger partial charge in [-0.15, -0.1) is 0 Å². The smallest absolute Gasteiger partial charge is 0.232 e. The van der Waals surface area contributed by atoms with Crippen LogP contribution in [0.15, 0.2) is 18.2 Å². The van der Waals surface area contributed by atoms with Crippen molar-refractivity contribution >= 4 is 5.91 Å². The molecule has 0 aliphatic carbocycles. The van der Waals surface area contributed by atoms with Gasteiger partial charge in [-0.05, 0) is 29.0 Å². The average Bonchev–Trinajstić information content (AvgIpc) is 2.16. The van der Waals surface area contributed by atoms with Crippen LogP contribution in [-0.2, 0) is 20.4 Å². The zero-order chi connectivity index (χ0) is 13.6. The molecule has 0 aromatic heterocycles. The molecule has 1 saturated heterocycles. The molecule has 0 radical (unpaired) electrons. The second-order valence-electron chi connectivity index (χ2n) is 6.22. The number of benzene rings is 1. The summed E-state index contributed by atoms with van der Waals surface area (Å²) < 4.78 is 5.21. The molecule has 1 aromatic carbocycles. The fourth-order valence-electron chi connectivity index (χ4n) is 2.40. The number of nitrogens with two attached hydrogens (primary N) is 1. The second kappa shape index (κ2) is 4.09. The third-order valence-corrected chi connectivity index (χ3v) is 3.78. The number of primary amides is 1. The molecule has 1 aromatic rings. The zero-order valence-electron chi connectivity index (χ0n) is 11.5. The number of ether oxygens (including phenoxy) is 1. The summed E-state index contributed by atoms with van der Waals surface area (Å²) in [6, 6.07) is 6.27. The van der Waals surface area contributed by atoms with Crippen molar-refractivity contribution in [1.29, 1.82) is 0 Å². The van der Waals surface area contributed by atoms with E-state index in [-0.39, 0.29) is 11.3 Å². The van der Waals surface area contributed by atoms with Gasteiger partial charge in [0.05, 0.1) is 13.2 Å². The maximum absolute atomic E-state index is 11.7. The number of rotatable bonds is 2. The molecule has 2 rings (SSSR count). The minimum Gasteiger partial charge on any atom is -0.378 e. The van der Waals surface area contributed by atoms with Crippen molar-refractivity contribution in [1.82, 2.24) is 0 Å². The van der Waals surface area contributed by atoms with E-state index >= 15 is 0 Å². The van der Waals surface area contributed by atoms with Crippen LogP contribution in [0.5, 0.6) is 0 Å². The van der Waals surface area contributed by atoms with Crippen LogP contribution in [0.1, 0.15) is 37.5 Å². The number of carbonyl (C=O) groups is 1. The summed E-state index contributed by atoms with van der Waals surface area (Å²) in [6.07, 6.45) is 0. The Kier molecular flexibility index (Phi) is 2.98. The van der Waals surface area contributed by atoms with Crippen molar-refractivity contribution in [2.45, 2.75) is 38.5 Å². The number of carbonyl (C=O) groups excluding carboxylic acids is 1. The van der Waals surface area contributed by atoms with Gasteiger partial charge in [0.1, 0.15) is 5.41 Å². The van der Waals surface area contributed by atoms with Crippen LogP contribution in [0.25, 0.3) is 0 Å². The lowest BCUT2D eigenvalue weighted by Crippen LogP contribution is -2.56. The quantitative estimate of drug-likeness (QED) is 0.869. The molecular weight excluding hydrogens is 226 g/mol. The Balaban J connectivity index is 2.45. The van der Waals surface area contributed by atoms with Crippen LogP contribution in [-0.4, -0.2) is 19.1 Å². The Labute approximate surface area is 108 Å². The Morgan fingerprint density at radius 2 is 1.94 bits per heavy atom. The summed E-state index contributed by atoms with van der Waals surface area (Å²) in [7, 11) is 0. The topological polar surface area (TPSA) is 52.3 Å². The van der Waals surface area contributed by atoms with Crippen LogP contribution < -0.4 is 5.73 Å². The van der Waals surface area contributed by atoms with Crippen LogP contribution in [0.3, 0.4) is 0 Å². The lowest BCUT2D eigenvalue weighted by atomic mass is 9.74. The van der Waals surface area contributed by atoms with Crippen molar-refractivity contribution in [3.8, 4) is 0 Å². The van der Waals surface area contributed by atoms with E-state index in [1.54, 1.807) is 0 Å². The highest BCUT2D eigenvalue weighted by Gasteiger charge is 2.47. The first kappa shape index (κ1) is 13.1. The van der Waals surface area contributed by atoms with Crippen LogP contribution in [0.4, 0.5) is 0 Å². The van der Waals surface area contributed by atoms with E-state index in [1.165, 1.54) is 5.56 Å². The molecule has 2 N–H and O–H groups in total. The molecular formula is C15H21NO2. The second-order valence-corrected chi connectivity index (χ2v) is 6.22. The molecule has 1 heterocycles. The van der Waals surface area contributed by atoms with Gasteiger partial charge < -0.3 is 10.5 Å². The highest BCUT2D eigenvalue weighted by Crippen LogP contribution is 2.36. The predicted molar refractivity (Wildman–Crippen MR) is 71.6 cm³/mol. The Hall–Kier alpha value is -1.35. The standard InChI is InChI=1S/C15H21NO2/c1-10-7-11(14(2,3)4)5-6-12(10)15(13(16)17)8-18-9-15/h5-7H,8-9H2,1-4H3,(H2,16,17). The van der Waals surface area contributed by atoms with Gasteiger partial charge in [-0.25, -0.2) is 0 Å². The van der Waals surface area contributed by atoms with Crippen molar-refractivity contribution in [3.05, 3.63) is 34.9 Å². The van der Waals surface area contributed by atoms with Crippen molar-refractivity contribution in [2.24, 2.45) is 5.73 Å². The van der Waals surface area contributed by atoms with Crippen LogP contribution >= 0.6 is 0 Å². The monoisotopic (exact) mass is 247 g/mol. The first-order valence-electron chi connectivity index (χ1n) is 6.27. The van der Waals surface area contributed by atoms with Gasteiger partial charge in [-0.1, -0.05) is 39.0 Å².